The van der Waals surface area contributed by atoms with E-state index in [1.54, 1.807) is 44.4 Å². The molecule has 0 bridgehead atoms. The van der Waals surface area contributed by atoms with Crippen molar-refractivity contribution in [3.63, 3.8) is 0 Å². The summed E-state index contributed by atoms with van der Waals surface area (Å²) in [6, 6.07) is 17.4. The summed E-state index contributed by atoms with van der Waals surface area (Å²) in [7, 11) is 4.66. The maximum absolute atomic E-state index is 13.8. The van der Waals surface area contributed by atoms with Crippen molar-refractivity contribution in [2.24, 2.45) is 4.99 Å². The van der Waals surface area contributed by atoms with Gasteiger partial charge < -0.3 is 14.2 Å². The van der Waals surface area contributed by atoms with Crippen molar-refractivity contribution >= 4 is 44.5 Å². The van der Waals surface area contributed by atoms with Gasteiger partial charge in [-0.3, -0.25) is 4.79 Å². The van der Waals surface area contributed by atoms with Crippen LogP contribution in [0.1, 0.15) is 22.3 Å². The normalized spacial score (nSPS) is 14.5. The van der Waals surface area contributed by atoms with Crippen LogP contribution in [0.2, 0.25) is 0 Å². The molecule has 2 heterocycles. The Morgan fingerprint density at radius 3 is 2.19 bits per heavy atom. The number of rotatable bonds is 6. The lowest BCUT2D eigenvalue weighted by Gasteiger charge is -2.15. The predicted molar refractivity (Wildman–Crippen MR) is 144 cm³/mol. The average molecular weight is 500 g/mol. The van der Waals surface area contributed by atoms with Gasteiger partial charge in [0, 0.05) is 5.56 Å². The molecule has 182 valence electrons. The molecule has 3 aromatic carbocycles. The summed E-state index contributed by atoms with van der Waals surface area (Å²) in [6.07, 6.45) is 1.72. The number of aryl methyl sites for hydroxylation is 2. The molecule has 7 nitrogen and oxygen atoms in total. The second kappa shape index (κ2) is 9.47. The minimum atomic E-state index is -0.255. The second-order valence-corrected chi connectivity index (χ2v) is 9.34. The lowest BCUT2D eigenvalue weighted by atomic mass is 10.1. The van der Waals surface area contributed by atoms with E-state index in [-0.39, 0.29) is 11.6 Å². The number of amides is 1. The van der Waals surface area contributed by atoms with Gasteiger partial charge in [0.15, 0.2) is 16.6 Å². The molecule has 0 atom stereocenters. The quantitative estimate of drug-likeness (QED) is 0.315. The molecule has 5 rings (SSSR count). The highest BCUT2D eigenvalue weighted by atomic mass is 32.1. The zero-order valence-corrected chi connectivity index (χ0v) is 21.5. The summed E-state index contributed by atoms with van der Waals surface area (Å²) in [5, 5.41) is 0.580. The average Bonchev–Trinajstić information content (AvgIpc) is 3.43. The predicted octanol–water partition coefficient (Wildman–Crippen LogP) is 5.77. The lowest BCUT2D eigenvalue weighted by molar-refractivity contribution is -0.113. The number of hydrogen-bond acceptors (Lipinski definition) is 7. The molecule has 0 radical (unpaired) electrons. The zero-order chi connectivity index (χ0) is 25.4. The summed E-state index contributed by atoms with van der Waals surface area (Å²) < 4.78 is 17.4. The third-order valence-corrected chi connectivity index (χ3v) is 7.07. The Kier molecular flexibility index (Phi) is 6.20. The highest BCUT2D eigenvalue weighted by Crippen LogP contribution is 2.40. The van der Waals surface area contributed by atoms with Crippen molar-refractivity contribution in [3.05, 3.63) is 82.5 Å². The van der Waals surface area contributed by atoms with E-state index in [1.165, 1.54) is 16.9 Å². The number of aliphatic imine (C=N–C) groups is 1. The molecule has 0 aliphatic carbocycles. The molecule has 1 amide bonds. The standard InChI is InChI=1S/C28H25N3O4S/c1-16-11-20-24(12-17(16)2)36-28(30-20)31-26(19-9-7-6-8-10-19)29-21(27(31)32)13-18-14-22(33-3)25(35-5)23(15-18)34-4/h6-15H,1-5H3/b21-13-. The van der Waals surface area contributed by atoms with Crippen molar-refractivity contribution in [2.75, 3.05) is 26.2 Å². The Morgan fingerprint density at radius 2 is 1.56 bits per heavy atom. The van der Waals surface area contributed by atoms with Crippen LogP contribution in [0.25, 0.3) is 16.3 Å². The number of anilines is 1. The molecule has 8 heteroatoms. The number of methoxy groups -OCH3 is 3. The number of fused-ring (bicyclic) bond motifs is 1. The molecule has 0 spiro atoms. The number of thiazole rings is 1. The first kappa shape index (κ1) is 23.6. The van der Waals surface area contributed by atoms with E-state index in [2.05, 4.69) is 26.0 Å². The van der Waals surface area contributed by atoms with Crippen LogP contribution in [0.5, 0.6) is 17.2 Å². The fraction of sp³-hybridized carbons (Fsp3) is 0.179. The van der Waals surface area contributed by atoms with Crippen molar-refractivity contribution in [3.8, 4) is 17.2 Å². The number of hydrogen-bond donors (Lipinski definition) is 0. The Bertz CT molecular complexity index is 1480. The smallest absolute Gasteiger partial charge is 0.284 e. The zero-order valence-electron chi connectivity index (χ0n) is 20.7. The summed E-state index contributed by atoms with van der Waals surface area (Å²) in [4.78, 5) is 24.9. The van der Waals surface area contributed by atoms with Crippen molar-refractivity contribution < 1.29 is 19.0 Å². The number of ether oxygens (including phenoxy) is 3. The minimum Gasteiger partial charge on any atom is -0.493 e. The number of amidine groups is 1. The Hall–Kier alpha value is -4.17. The van der Waals surface area contributed by atoms with Gasteiger partial charge in [-0.2, -0.15) is 0 Å². The minimum absolute atomic E-state index is 0.255. The van der Waals surface area contributed by atoms with Crippen molar-refractivity contribution in [1.29, 1.82) is 0 Å². The van der Waals surface area contributed by atoms with E-state index in [1.807, 2.05) is 30.3 Å². The van der Waals surface area contributed by atoms with Gasteiger partial charge in [0.25, 0.3) is 5.91 Å². The maximum atomic E-state index is 13.8. The van der Waals surface area contributed by atoms with Gasteiger partial charge in [0.2, 0.25) is 5.75 Å². The summed E-state index contributed by atoms with van der Waals surface area (Å²) in [5.41, 5.74) is 5.01. The Labute approximate surface area is 213 Å². The van der Waals surface area contributed by atoms with Crippen LogP contribution in [0.3, 0.4) is 0 Å². The van der Waals surface area contributed by atoms with E-state index < -0.39 is 0 Å². The van der Waals surface area contributed by atoms with Gasteiger partial charge in [0.05, 0.1) is 31.5 Å². The van der Waals surface area contributed by atoms with Crippen molar-refractivity contribution in [2.45, 2.75) is 13.8 Å². The van der Waals surface area contributed by atoms with Crippen LogP contribution in [-0.2, 0) is 4.79 Å². The first-order valence-corrected chi connectivity index (χ1v) is 12.1. The van der Waals surface area contributed by atoms with Gasteiger partial charge in [-0.15, -0.1) is 0 Å². The number of carbonyl (C=O) groups is 1. The first-order valence-electron chi connectivity index (χ1n) is 11.3. The highest BCUT2D eigenvalue weighted by molar-refractivity contribution is 7.22. The summed E-state index contributed by atoms with van der Waals surface area (Å²) >= 11 is 1.47. The van der Waals surface area contributed by atoms with Gasteiger partial charge in [0.1, 0.15) is 11.5 Å². The fourth-order valence-corrected chi connectivity index (χ4v) is 5.13. The highest BCUT2D eigenvalue weighted by Gasteiger charge is 2.34. The summed E-state index contributed by atoms with van der Waals surface area (Å²) in [6.45, 7) is 4.13. The molecule has 1 aromatic heterocycles. The van der Waals surface area contributed by atoms with Crippen LogP contribution in [0, 0.1) is 13.8 Å². The molecule has 0 saturated heterocycles. The summed E-state index contributed by atoms with van der Waals surface area (Å²) in [5.74, 6) is 1.75. The Morgan fingerprint density at radius 1 is 0.889 bits per heavy atom. The Balaban J connectivity index is 1.64. The largest absolute Gasteiger partial charge is 0.493 e. The van der Waals surface area contributed by atoms with Crippen LogP contribution in [0.15, 0.2) is 65.3 Å². The lowest BCUT2D eigenvalue weighted by Crippen LogP contribution is -2.32. The van der Waals surface area contributed by atoms with E-state index in [4.69, 9.17) is 24.2 Å². The molecular formula is C28H25N3O4S. The van der Waals surface area contributed by atoms with Gasteiger partial charge >= 0.3 is 0 Å². The monoisotopic (exact) mass is 499 g/mol. The molecule has 0 fully saturated rings. The number of nitrogens with zero attached hydrogens (tertiary/aromatic N) is 3. The molecule has 0 saturated carbocycles. The molecule has 0 N–H and O–H groups in total. The maximum Gasteiger partial charge on any atom is 0.284 e. The van der Waals surface area contributed by atoms with Gasteiger partial charge in [-0.1, -0.05) is 41.7 Å². The molecule has 1 aliphatic heterocycles. The molecule has 1 aliphatic rings. The number of benzene rings is 3. The van der Waals surface area contributed by atoms with Crippen LogP contribution < -0.4 is 19.1 Å². The van der Waals surface area contributed by atoms with Crippen LogP contribution in [0.4, 0.5) is 5.13 Å². The molecular weight excluding hydrogens is 474 g/mol. The van der Waals surface area contributed by atoms with Gasteiger partial charge in [-0.05, 0) is 60.9 Å². The SMILES string of the molecule is COc1cc(/C=C2\N=C(c3ccccc3)N(c3nc4cc(C)c(C)cc4s3)C2=O)cc(OC)c1OC. The number of carbonyl (C=O) groups excluding carboxylic acids is 1. The molecule has 4 aromatic rings. The van der Waals surface area contributed by atoms with E-state index in [0.717, 1.165) is 21.3 Å². The first-order chi connectivity index (χ1) is 17.4. The molecule has 0 unspecified atom stereocenters. The van der Waals surface area contributed by atoms with Crippen LogP contribution in [-0.4, -0.2) is 38.1 Å². The fourth-order valence-electron chi connectivity index (χ4n) is 4.08. The van der Waals surface area contributed by atoms with Gasteiger partial charge in [-0.25, -0.2) is 14.9 Å². The van der Waals surface area contributed by atoms with E-state index >= 15 is 0 Å². The topological polar surface area (TPSA) is 73.2 Å². The van der Waals surface area contributed by atoms with E-state index in [0.29, 0.717) is 33.8 Å². The molecule has 36 heavy (non-hydrogen) atoms. The second-order valence-electron chi connectivity index (χ2n) is 8.33. The van der Waals surface area contributed by atoms with Crippen LogP contribution >= 0.6 is 11.3 Å². The van der Waals surface area contributed by atoms with Crippen molar-refractivity contribution in [1.82, 2.24) is 4.98 Å². The third-order valence-electron chi connectivity index (χ3n) is 6.07. The van der Waals surface area contributed by atoms with E-state index in [9.17, 15) is 4.79 Å². The number of aromatic nitrogens is 1. The third kappa shape index (κ3) is 4.09.